The first kappa shape index (κ1) is 12.4. The number of rotatable bonds is 2. The third-order valence-corrected chi connectivity index (χ3v) is 3.73. The second-order valence-corrected chi connectivity index (χ2v) is 5.10. The monoisotopic (exact) mass is 292 g/mol. The minimum absolute atomic E-state index is 0.556. The Morgan fingerprint density at radius 1 is 0.952 bits per heavy atom. The Morgan fingerprint density at radius 3 is 2.67 bits per heavy atom. The summed E-state index contributed by atoms with van der Waals surface area (Å²) in [5.41, 5.74) is 1.70. The fraction of sp³-hybridized carbons (Fsp3) is 0. The summed E-state index contributed by atoms with van der Waals surface area (Å²) < 4.78 is 7.19. The summed E-state index contributed by atoms with van der Waals surface area (Å²) in [6, 6.07) is 19.6. The Labute approximate surface area is 127 Å². The molecule has 0 aliphatic carbocycles. The van der Waals surface area contributed by atoms with Gasteiger partial charge in [0, 0.05) is 0 Å². The summed E-state index contributed by atoms with van der Waals surface area (Å²) in [5, 5.41) is 2.09. The molecule has 4 rings (SSSR count). The van der Waals surface area contributed by atoms with E-state index < -0.39 is 0 Å². The van der Waals surface area contributed by atoms with Crippen LogP contribution in [0.15, 0.2) is 65.1 Å². The van der Waals surface area contributed by atoms with Crippen LogP contribution in [0.4, 0.5) is 11.6 Å². The summed E-state index contributed by atoms with van der Waals surface area (Å²) in [6.07, 6.45) is 0. The first-order valence-electron chi connectivity index (χ1n) is 6.61. The van der Waals surface area contributed by atoms with Crippen molar-refractivity contribution in [1.82, 2.24) is 4.98 Å². The molecule has 0 saturated carbocycles. The molecule has 0 saturated heterocycles. The fourth-order valence-corrected chi connectivity index (χ4v) is 2.52. The van der Waals surface area contributed by atoms with E-state index >= 15 is 0 Å². The molecule has 0 bridgehead atoms. The third-order valence-electron chi connectivity index (χ3n) is 3.39. The number of nitrogens with zero attached hydrogens (tertiary/aromatic N) is 2. The fourth-order valence-electron chi connectivity index (χ4n) is 2.34. The van der Waals surface area contributed by atoms with Crippen LogP contribution in [0.1, 0.15) is 0 Å². The zero-order valence-corrected chi connectivity index (χ0v) is 11.8. The summed E-state index contributed by atoms with van der Waals surface area (Å²) in [4.78, 5) is 4.56. The van der Waals surface area contributed by atoms with Crippen LogP contribution in [-0.4, -0.2) is 11.9 Å². The molecule has 0 atom stereocenters. The van der Waals surface area contributed by atoms with Crippen molar-refractivity contribution in [2.24, 2.45) is 0 Å². The number of hydrogen-bond acceptors (Lipinski definition) is 3. The molecule has 21 heavy (non-hydrogen) atoms. The average molecular weight is 293 g/mol. The molecule has 100 valence electrons. The zero-order valence-electron chi connectivity index (χ0n) is 11.0. The van der Waals surface area contributed by atoms with Gasteiger partial charge in [0.25, 0.3) is 0 Å². The Bertz CT molecular complexity index is 905. The van der Waals surface area contributed by atoms with Crippen LogP contribution in [0.25, 0.3) is 21.8 Å². The van der Waals surface area contributed by atoms with E-state index in [1.807, 2.05) is 67.6 Å². The number of aromatic nitrogens is 1. The van der Waals surface area contributed by atoms with Crippen LogP contribution >= 0.6 is 11.8 Å². The van der Waals surface area contributed by atoms with Crippen molar-refractivity contribution in [3.05, 3.63) is 60.7 Å². The molecule has 0 aliphatic rings. The molecule has 0 unspecified atom stereocenters. The normalized spacial score (nSPS) is 10.9. The first-order chi connectivity index (χ1) is 10.3. The Morgan fingerprint density at radius 2 is 1.76 bits per heavy atom. The minimum atomic E-state index is 0.556. The molecule has 0 amide bonds. The number of halogens is 1. The Hall–Kier alpha value is -2.33. The molecule has 4 aromatic rings. The molecule has 2 aromatic heterocycles. The van der Waals surface area contributed by atoms with E-state index in [0.717, 1.165) is 21.8 Å². The maximum atomic E-state index is 6.38. The third kappa shape index (κ3) is 2.18. The van der Waals surface area contributed by atoms with Gasteiger partial charge in [-0.2, -0.15) is 0 Å². The SMILES string of the molecule is ClN(c1ccc2ccccc2n1)c1bc2ccccc2o1. The van der Waals surface area contributed by atoms with E-state index in [2.05, 4.69) is 4.98 Å². The van der Waals surface area contributed by atoms with Crippen LogP contribution in [0.2, 0.25) is 0 Å². The van der Waals surface area contributed by atoms with Crippen molar-refractivity contribution < 1.29 is 4.42 Å². The van der Waals surface area contributed by atoms with Crippen molar-refractivity contribution >= 4 is 52.1 Å². The van der Waals surface area contributed by atoms with Crippen LogP contribution < -0.4 is 4.42 Å². The molecule has 0 spiro atoms. The first-order valence-corrected chi connectivity index (χ1v) is 6.95. The predicted octanol–water partition coefficient (Wildman–Crippen LogP) is 4.61. The molecule has 5 heteroatoms. The molecule has 0 N–H and O–H groups in total. The number of pyridine rings is 1. The van der Waals surface area contributed by atoms with Gasteiger partial charge >= 0.3 is 127 Å². The van der Waals surface area contributed by atoms with E-state index in [0.29, 0.717) is 11.6 Å². The van der Waals surface area contributed by atoms with Gasteiger partial charge in [-0.1, -0.05) is 0 Å². The van der Waals surface area contributed by atoms with Crippen LogP contribution in [0, 0.1) is 0 Å². The number of hydrogen-bond donors (Lipinski definition) is 0. The summed E-state index contributed by atoms with van der Waals surface area (Å²) >= 11 is 6.38. The standard InChI is InChI=1S/C16H10BClN2O/c18-20(16-17-12-6-2-4-8-14(12)21-16)15-10-9-11-5-1-3-7-13(11)19-15/h1-10H. The van der Waals surface area contributed by atoms with Crippen molar-refractivity contribution in [3.8, 4) is 0 Å². The van der Waals surface area contributed by atoms with Crippen molar-refractivity contribution in [2.45, 2.75) is 0 Å². The second-order valence-electron chi connectivity index (χ2n) is 4.77. The molecule has 3 nitrogen and oxygen atoms in total. The Balaban J connectivity index is 1.79. The molecular formula is C16H10BClN2O. The molecular weight excluding hydrogens is 282 g/mol. The van der Waals surface area contributed by atoms with Gasteiger partial charge < -0.3 is 0 Å². The van der Waals surface area contributed by atoms with Gasteiger partial charge in [0.15, 0.2) is 0 Å². The van der Waals surface area contributed by atoms with Gasteiger partial charge in [-0.05, 0) is 0 Å². The summed E-state index contributed by atoms with van der Waals surface area (Å²) in [6.45, 7) is 1.90. The number of fused-ring (bicyclic) bond motifs is 2. The number of anilines is 2. The van der Waals surface area contributed by atoms with E-state index in [-0.39, 0.29) is 0 Å². The maximum absolute atomic E-state index is 6.38. The van der Waals surface area contributed by atoms with E-state index in [9.17, 15) is 0 Å². The van der Waals surface area contributed by atoms with Crippen molar-refractivity contribution in [2.75, 3.05) is 4.42 Å². The van der Waals surface area contributed by atoms with Gasteiger partial charge in [-0.25, -0.2) is 0 Å². The van der Waals surface area contributed by atoms with E-state index in [1.165, 1.54) is 4.42 Å². The molecule has 2 aromatic carbocycles. The second kappa shape index (κ2) is 4.90. The molecule has 0 aliphatic heterocycles. The Kier molecular flexibility index (Phi) is 2.90. The van der Waals surface area contributed by atoms with Gasteiger partial charge in [0.2, 0.25) is 0 Å². The van der Waals surface area contributed by atoms with E-state index in [1.54, 1.807) is 0 Å². The van der Waals surface area contributed by atoms with Gasteiger partial charge in [-0.3, -0.25) is 0 Å². The number of para-hydroxylation sites is 2. The molecule has 0 fully saturated rings. The van der Waals surface area contributed by atoms with Gasteiger partial charge in [0.1, 0.15) is 0 Å². The summed E-state index contributed by atoms with van der Waals surface area (Å²) in [5.74, 6) is 1.19. The van der Waals surface area contributed by atoms with Gasteiger partial charge in [-0.15, -0.1) is 0 Å². The zero-order chi connectivity index (χ0) is 14.2. The average Bonchev–Trinajstić information content (AvgIpc) is 2.97. The van der Waals surface area contributed by atoms with Crippen LogP contribution in [0.3, 0.4) is 0 Å². The van der Waals surface area contributed by atoms with Crippen LogP contribution in [0.5, 0.6) is 0 Å². The van der Waals surface area contributed by atoms with Gasteiger partial charge in [0.05, 0.1) is 0 Å². The van der Waals surface area contributed by atoms with Crippen LogP contribution in [-0.2, 0) is 0 Å². The molecule has 2 heterocycles. The van der Waals surface area contributed by atoms with E-state index in [4.69, 9.17) is 16.2 Å². The quantitative estimate of drug-likeness (QED) is 0.505. The summed E-state index contributed by atoms with van der Waals surface area (Å²) in [7, 11) is 0. The molecule has 0 radical (unpaired) electrons. The van der Waals surface area contributed by atoms with Crippen molar-refractivity contribution in [1.29, 1.82) is 0 Å². The number of benzene rings is 2. The topological polar surface area (TPSA) is 29.3 Å². The predicted molar refractivity (Wildman–Crippen MR) is 87.3 cm³/mol. The van der Waals surface area contributed by atoms with Crippen molar-refractivity contribution in [3.63, 3.8) is 0 Å².